The van der Waals surface area contributed by atoms with Crippen molar-refractivity contribution in [3.05, 3.63) is 102 Å². The largest absolute Gasteiger partial charge is 0.452 e. The van der Waals surface area contributed by atoms with Crippen molar-refractivity contribution in [1.29, 1.82) is 0 Å². The number of rotatable bonds is 8. The fraction of sp³-hybridized carbons (Fsp3) is 0.214. The normalized spacial score (nSPS) is 20.5. The number of hydrogen-bond donors (Lipinski definition) is 0. The van der Waals surface area contributed by atoms with Crippen LogP contribution in [0.1, 0.15) is 34.1 Å². The second-order valence-corrected chi connectivity index (χ2v) is 8.12. The van der Waals surface area contributed by atoms with Crippen LogP contribution in [0.2, 0.25) is 0 Å². The van der Waals surface area contributed by atoms with Crippen LogP contribution in [0, 0.1) is 0 Å². The van der Waals surface area contributed by atoms with E-state index in [9.17, 15) is 19.2 Å². The van der Waals surface area contributed by atoms with Crippen molar-refractivity contribution in [2.24, 2.45) is 0 Å². The van der Waals surface area contributed by atoms with Gasteiger partial charge in [-0.2, -0.15) is 0 Å². The number of carbonyl (C=O) groups excluding carboxylic acids is 4. The highest BCUT2D eigenvalue weighted by Crippen LogP contribution is 2.31. The van der Waals surface area contributed by atoms with Crippen molar-refractivity contribution >= 4 is 23.9 Å². The average molecular weight is 504 g/mol. The summed E-state index contributed by atoms with van der Waals surface area (Å²) < 4.78 is 27.7. The Hall–Kier alpha value is -4.50. The Bertz CT molecular complexity index is 1230. The topological polar surface area (TPSA) is 114 Å². The number of benzene rings is 3. The Labute approximate surface area is 212 Å². The molecule has 0 bridgehead atoms. The van der Waals surface area contributed by atoms with E-state index in [1.807, 2.05) is 0 Å². The summed E-state index contributed by atoms with van der Waals surface area (Å²) in [6, 6.07) is 24.6. The standard InChI is InChI=1S/C28H24O9/c1-18(29)33-28-25(37-27(32)20-13-7-3-8-14-20)24(36-26(31)19-11-5-2-6-12-19)22(35-28)17-23(30)34-21-15-9-4-10-16-21/h2-16,22,24-25,28H,17H2,1H3/t22-,24-,25-,28-/m1/s1. The first-order valence-electron chi connectivity index (χ1n) is 11.5. The summed E-state index contributed by atoms with van der Waals surface area (Å²) in [5.74, 6) is -2.58. The summed E-state index contributed by atoms with van der Waals surface area (Å²) in [5, 5.41) is 0. The van der Waals surface area contributed by atoms with Crippen LogP contribution < -0.4 is 4.74 Å². The van der Waals surface area contributed by atoms with Crippen molar-refractivity contribution in [3.63, 3.8) is 0 Å². The van der Waals surface area contributed by atoms with E-state index in [1.54, 1.807) is 91.0 Å². The van der Waals surface area contributed by atoms with Gasteiger partial charge in [-0.25, -0.2) is 9.59 Å². The zero-order chi connectivity index (χ0) is 26.2. The van der Waals surface area contributed by atoms with Crippen molar-refractivity contribution in [1.82, 2.24) is 0 Å². The van der Waals surface area contributed by atoms with Crippen LogP contribution >= 0.6 is 0 Å². The molecule has 3 aromatic carbocycles. The molecule has 4 rings (SSSR count). The molecular weight excluding hydrogens is 480 g/mol. The van der Waals surface area contributed by atoms with Crippen LogP contribution in [0.25, 0.3) is 0 Å². The maximum Gasteiger partial charge on any atom is 0.338 e. The number of carbonyl (C=O) groups is 4. The van der Waals surface area contributed by atoms with E-state index in [2.05, 4.69) is 0 Å². The summed E-state index contributed by atoms with van der Waals surface area (Å²) in [4.78, 5) is 50.2. The summed E-state index contributed by atoms with van der Waals surface area (Å²) in [6.45, 7) is 1.15. The molecule has 1 aliphatic rings. The number of ether oxygens (including phenoxy) is 5. The van der Waals surface area contributed by atoms with Crippen LogP contribution in [-0.4, -0.2) is 48.5 Å². The Morgan fingerprint density at radius 1 is 0.676 bits per heavy atom. The number of para-hydroxylation sites is 1. The first-order valence-corrected chi connectivity index (χ1v) is 11.5. The third-order valence-corrected chi connectivity index (χ3v) is 5.40. The first-order chi connectivity index (χ1) is 17.9. The molecule has 0 saturated carbocycles. The fourth-order valence-corrected chi connectivity index (χ4v) is 3.74. The van der Waals surface area contributed by atoms with Gasteiger partial charge in [-0.1, -0.05) is 54.6 Å². The lowest BCUT2D eigenvalue weighted by Crippen LogP contribution is -2.42. The molecule has 4 atom stereocenters. The van der Waals surface area contributed by atoms with Crippen molar-refractivity contribution in [2.75, 3.05) is 0 Å². The molecule has 0 aliphatic carbocycles. The highest BCUT2D eigenvalue weighted by Gasteiger charge is 2.52. The minimum Gasteiger partial charge on any atom is -0.452 e. The minimum atomic E-state index is -1.42. The van der Waals surface area contributed by atoms with Crippen molar-refractivity contribution < 1.29 is 42.9 Å². The average Bonchev–Trinajstić information content (AvgIpc) is 3.19. The summed E-state index contributed by atoms with van der Waals surface area (Å²) in [5.41, 5.74) is 0.460. The SMILES string of the molecule is CC(=O)O[C@@H]1O[C@H](CC(=O)Oc2ccccc2)[C@@H](OC(=O)c2ccccc2)[C@H]1OC(=O)c1ccccc1. The van der Waals surface area contributed by atoms with Crippen molar-refractivity contribution in [3.8, 4) is 5.75 Å². The van der Waals surface area contributed by atoms with Gasteiger partial charge in [-0.15, -0.1) is 0 Å². The second kappa shape index (κ2) is 12.0. The molecule has 37 heavy (non-hydrogen) atoms. The molecule has 0 radical (unpaired) electrons. The summed E-state index contributed by atoms with van der Waals surface area (Å²) >= 11 is 0. The van der Waals surface area contributed by atoms with Crippen molar-refractivity contribution in [2.45, 2.75) is 37.9 Å². The predicted molar refractivity (Wildman–Crippen MR) is 128 cm³/mol. The molecule has 0 aromatic heterocycles. The molecule has 1 aliphatic heterocycles. The molecule has 3 aromatic rings. The second-order valence-electron chi connectivity index (χ2n) is 8.12. The first kappa shape index (κ1) is 25.6. The zero-order valence-electron chi connectivity index (χ0n) is 19.9. The quantitative estimate of drug-likeness (QED) is 0.257. The Kier molecular flexibility index (Phi) is 8.27. The van der Waals surface area contributed by atoms with Gasteiger partial charge in [0, 0.05) is 6.92 Å². The molecule has 0 N–H and O–H groups in total. The van der Waals surface area contributed by atoms with Crippen LogP contribution in [0.4, 0.5) is 0 Å². The third-order valence-electron chi connectivity index (χ3n) is 5.40. The fourth-order valence-electron chi connectivity index (χ4n) is 3.74. The van der Waals surface area contributed by atoms with E-state index in [1.165, 1.54) is 0 Å². The number of esters is 4. The van der Waals surface area contributed by atoms with Gasteiger partial charge in [-0.3, -0.25) is 9.59 Å². The van der Waals surface area contributed by atoms with Gasteiger partial charge >= 0.3 is 23.9 Å². The molecule has 9 nitrogen and oxygen atoms in total. The van der Waals surface area contributed by atoms with Gasteiger partial charge in [0.15, 0.2) is 6.10 Å². The van der Waals surface area contributed by atoms with E-state index in [0.29, 0.717) is 5.75 Å². The zero-order valence-corrected chi connectivity index (χ0v) is 19.9. The van der Waals surface area contributed by atoms with Crippen LogP contribution in [0.15, 0.2) is 91.0 Å². The Balaban J connectivity index is 1.59. The molecule has 9 heteroatoms. The van der Waals surface area contributed by atoms with Crippen LogP contribution in [0.3, 0.4) is 0 Å². The molecule has 0 unspecified atom stereocenters. The van der Waals surface area contributed by atoms with E-state index in [4.69, 9.17) is 23.7 Å². The third kappa shape index (κ3) is 6.80. The minimum absolute atomic E-state index is 0.226. The van der Waals surface area contributed by atoms with E-state index in [-0.39, 0.29) is 17.5 Å². The molecular formula is C28H24O9. The van der Waals surface area contributed by atoms with Gasteiger partial charge in [0.05, 0.1) is 17.5 Å². The summed E-state index contributed by atoms with van der Waals surface area (Å²) in [7, 11) is 0. The lowest BCUT2D eigenvalue weighted by molar-refractivity contribution is -0.186. The smallest absolute Gasteiger partial charge is 0.338 e. The highest BCUT2D eigenvalue weighted by molar-refractivity contribution is 5.90. The molecule has 0 spiro atoms. The maximum atomic E-state index is 12.9. The predicted octanol–water partition coefficient (Wildman–Crippen LogP) is 3.72. The highest BCUT2D eigenvalue weighted by atomic mass is 16.7. The van der Waals surface area contributed by atoms with Gasteiger partial charge in [-0.05, 0) is 36.4 Å². The van der Waals surface area contributed by atoms with Crippen LogP contribution in [0.5, 0.6) is 5.75 Å². The summed E-state index contributed by atoms with van der Waals surface area (Å²) in [6.07, 6.45) is -5.57. The molecule has 1 saturated heterocycles. The maximum absolute atomic E-state index is 12.9. The lowest BCUT2D eigenvalue weighted by Gasteiger charge is -2.24. The molecule has 1 heterocycles. The van der Waals surface area contributed by atoms with Crippen LogP contribution in [-0.2, 0) is 28.5 Å². The molecule has 0 amide bonds. The van der Waals surface area contributed by atoms with Gasteiger partial charge in [0.25, 0.3) is 0 Å². The molecule has 190 valence electrons. The van der Waals surface area contributed by atoms with E-state index < -0.39 is 48.5 Å². The Morgan fingerprint density at radius 2 is 1.16 bits per heavy atom. The Morgan fingerprint density at radius 3 is 1.68 bits per heavy atom. The van der Waals surface area contributed by atoms with E-state index in [0.717, 1.165) is 6.92 Å². The van der Waals surface area contributed by atoms with E-state index >= 15 is 0 Å². The lowest BCUT2D eigenvalue weighted by atomic mass is 10.1. The number of hydrogen-bond acceptors (Lipinski definition) is 9. The monoisotopic (exact) mass is 504 g/mol. The molecule has 1 fully saturated rings. The van der Waals surface area contributed by atoms with Gasteiger partial charge in [0.2, 0.25) is 12.4 Å². The van der Waals surface area contributed by atoms with Gasteiger partial charge < -0.3 is 23.7 Å². The van der Waals surface area contributed by atoms with Gasteiger partial charge in [0.1, 0.15) is 11.9 Å².